The molecule has 0 spiro atoms. The zero-order valence-electron chi connectivity index (χ0n) is 7.26. The van der Waals surface area contributed by atoms with E-state index in [4.69, 9.17) is 0 Å². The van der Waals surface area contributed by atoms with Crippen molar-refractivity contribution in [1.29, 1.82) is 0 Å². The van der Waals surface area contributed by atoms with Crippen molar-refractivity contribution in [3.05, 3.63) is 6.42 Å². The van der Waals surface area contributed by atoms with Crippen LogP contribution >= 0.6 is 0 Å². The first-order valence-electron chi connectivity index (χ1n) is 5.04. The van der Waals surface area contributed by atoms with Crippen LogP contribution in [0.5, 0.6) is 0 Å². The van der Waals surface area contributed by atoms with E-state index in [1.165, 1.54) is 51.6 Å². The van der Waals surface area contributed by atoms with Gasteiger partial charge in [0.15, 0.2) is 0 Å². The molecule has 1 aliphatic carbocycles. The minimum Gasteiger partial charge on any atom is -0.300 e. The molecule has 1 nitrogen and oxygen atoms in total. The topological polar surface area (TPSA) is 3.24 Å². The average Bonchev–Trinajstić information content (AvgIpc) is 2.12. The van der Waals surface area contributed by atoms with E-state index in [9.17, 15) is 0 Å². The van der Waals surface area contributed by atoms with Crippen molar-refractivity contribution in [3.8, 4) is 0 Å². The third kappa shape index (κ3) is 1.76. The molecule has 1 aliphatic heterocycles. The van der Waals surface area contributed by atoms with Crippen LogP contribution in [-0.4, -0.2) is 24.0 Å². The van der Waals surface area contributed by atoms with Crippen LogP contribution in [-0.2, 0) is 0 Å². The molecule has 63 valence electrons. The van der Waals surface area contributed by atoms with Gasteiger partial charge in [-0.2, -0.15) is 0 Å². The summed E-state index contributed by atoms with van der Waals surface area (Å²) in [6.45, 7) is 2.72. The lowest BCUT2D eigenvalue weighted by atomic mass is 9.91. The van der Waals surface area contributed by atoms with E-state index in [0.717, 1.165) is 6.04 Å². The van der Waals surface area contributed by atoms with Gasteiger partial charge in [-0.25, -0.2) is 0 Å². The van der Waals surface area contributed by atoms with Crippen molar-refractivity contribution < 1.29 is 0 Å². The predicted octanol–water partition coefficient (Wildman–Crippen LogP) is 2.23. The van der Waals surface area contributed by atoms with Crippen LogP contribution < -0.4 is 0 Å². The molecule has 2 fully saturated rings. The Morgan fingerprint density at radius 2 is 1.64 bits per heavy atom. The molecule has 1 heterocycles. The van der Waals surface area contributed by atoms with Crippen molar-refractivity contribution in [3.63, 3.8) is 0 Å². The predicted molar refractivity (Wildman–Crippen MR) is 47.4 cm³/mol. The Labute approximate surface area is 69.8 Å². The smallest absolute Gasteiger partial charge is 0.0127 e. The van der Waals surface area contributed by atoms with Crippen molar-refractivity contribution >= 4 is 0 Å². The Hall–Kier alpha value is -0.0400. The highest BCUT2D eigenvalue weighted by atomic mass is 15.2. The Balaban J connectivity index is 1.80. The summed E-state index contributed by atoms with van der Waals surface area (Å²) in [6.07, 6.45) is 11.1. The number of nitrogens with zero attached hydrogens (tertiary/aromatic N) is 1. The monoisotopic (exact) mass is 152 g/mol. The van der Waals surface area contributed by atoms with Gasteiger partial charge in [0, 0.05) is 6.04 Å². The summed E-state index contributed by atoms with van der Waals surface area (Å²) >= 11 is 0. The second-order valence-electron chi connectivity index (χ2n) is 3.83. The summed E-state index contributed by atoms with van der Waals surface area (Å²) in [4.78, 5) is 2.68. The van der Waals surface area contributed by atoms with Crippen molar-refractivity contribution in [1.82, 2.24) is 4.90 Å². The molecule has 0 bridgehead atoms. The molecule has 2 aliphatic rings. The summed E-state index contributed by atoms with van der Waals surface area (Å²) in [5.74, 6) is 0. The Morgan fingerprint density at radius 3 is 2.09 bits per heavy atom. The van der Waals surface area contributed by atoms with Crippen LogP contribution in [0.25, 0.3) is 0 Å². The first kappa shape index (κ1) is 7.60. The van der Waals surface area contributed by atoms with Crippen LogP contribution in [0.3, 0.4) is 0 Å². The van der Waals surface area contributed by atoms with Crippen LogP contribution in [0.1, 0.15) is 38.5 Å². The normalized spacial score (nSPS) is 29.5. The molecule has 2 rings (SSSR count). The molecule has 1 saturated carbocycles. The number of hydrogen-bond donors (Lipinski definition) is 0. The van der Waals surface area contributed by atoms with Gasteiger partial charge in [-0.15, -0.1) is 0 Å². The van der Waals surface area contributed by atoms with Crippen molar-refractivity contribution in [2.24, 2.45) is 0 Å². The summed E-state index contributed by atoms with van der Waals surface area (Å²) in [6, 6.07) is 0.869. The van der Waals surface area contributed by atoms with Gasteiger partial charge in [0.25, 0.3) is 0 Å². The van der Waals surface area contributed by atoms with Gasteiger partial charge < -0.3 is 4.90 Å². The van der Waals surface area contributed by atoms with Gasteiger partial charge in [-0.3, -0.25) is 0 Å². The van der Waals surface area contributed by atoms with E-state index >= 15 is 0 Å². The lowest BCUT2D eigenvalue weighted by Crippen LogP contribution is -2.41. The largest absolute Gasteiger partial charge is 0.300 e. The molecule has 1 saturated heterocycles. The molecule has 1 heteroatoms. The highest BCUT2D eigenvalue weighted by molar-refractivity contribution is 4.95. The van der Waals surface area contributed by atoms with Crippen LogP contribution in [0, 0.1) is 6.42 Å². The number of hydrogen-bond acceptors (Lipinski definition) is 1. The van der Waals surface area contributed by atoms with Crippen molar-refractivity contribution in [2.45, 2.75) is 44.6 Å². The molecule has 0 N–H and O–H groups in total. The SMILES string of the molecule is [CH]1CCC1N1CCCCCC1. The minimum absolute atomic E-state index is 0.869. The summed E-state index contributed by atoms with van der Waals surface area (Å²) in [7, 11) is 0. The summed E-state index contributed by atoms with van der Waals surface area (Å²) < 4.78 is 0. The summed E-state index contributed by atoms with van der Waals surface area (Å²) in [5, 5.41) is 0. The Morgan fingerprint density at radius 1 is 1.00 bits per heavy atom. The zero-order chi connectivity index (χ0) is 7.52. The number of rotatable bonds is 1. The standard InChI is InChI=1S/C10H18N/c1-2-4-9-11(8-3-1)10-6-5-7-10/h6,10H,1-5,7-9H2. The van der Waals surface area contributed by atoms with Gasteiger partial charge in [0.05, 0.1) is 0 Å². The molecular weight excluding hydrogens is 134 g/mol. The first-order valence-corrected chi connectivity index (χ1v) is 5.04. The van der Waals surface area contributed by atoms with Gasteiger partial charge in [0.1, 0.15) is 0 Å². The summed E-state index contributed by atoms with van der Waals surface area (Å²) in [5.41, 5.74) is 0. The average molecular weight is 152 g/mol. The maximum atomic E-state index is 2.68. The van der Waals surface area contributed by atoms with E-state index in [1.807, 2.05) is 0 Å². The van der Waals surface area contributed by atoms with Gasteiger partial charge in [-0.05, 0) is 45.2 Å². The van der Waals surface area contributed by atoms with Gasteiger partial charge >= 0.3 is 0 Å². The van der Waals surface area contributed by atoms with E-state index in [1.54, 1.807) is 0 Å². The first-order chi connectivity index (χ1) is 5.47. The van der Waals surface area contributed by atoms with Crippen molar-refractivity contribution in [2.75, 3.05) is 13.1 Å². The zero-order valence-corrected chi connectivity index (χ0v) is 7.26. The maximum Gasteiger partial charge on any atom is 0.0127 e. The fraction of sp³-hybridized carbons (Fsp3) is 0.900. The quantitative estimate of drug-likeness (QED) is 0.557. The fourth-order valence-electron chi connectivity index (χ4n) is 2.07. The molecule has 11 heavy (non-hydrogen) atoms. The second-order valence-corrected chi connectivity index (χ2v) is 3.83. The van der Waals surface area contributed by atoms with Crippen LogP contribution in [0.4, 0.5) is 0 Å². The Kier molecular flexibility index (Phi) is 2.47. The highest BCUT2D eigenvalue weighted by Gasteiger charge is 2.24. The molecule has 1 atom stereocenters. The molecular formula is C10H18N. The van der Waals surface area contributed by atoms with E-state index in [2.05, 4.69) is 11.3 Å². The van der Waals surface area contributed by atoms with Gasteiger partial charge in [0.2, 0.25) is 0 Å². The van der Waals surface area contributed by atoms with E-state index < -0.39 is 0 Å². The lowest BCUT2D eigenvalue weighted by molar-refractivity contribution is 0.180. The third-order valence-corrected chi connectivity index (χ3v) is 3.01. The second kappa shape index (κ2) is 3.57. The molecule has 1 radical (unpaired) electrons. The molecule has 0 aromatic rings. The maximum absolute atomic E-state index is 2.68. The lowest BCUT2D eigenvalue weighted by Gasteiger charge is -2.36. The molecule has 0 aromatic carbocycles. The van der Waals surface area contributed by atoms with Crippen LogP contribution in [0.15, 0.2) is 0 Å². The number of likely N-dealkylation sites (tertiary alicyclic amines) is 1. The molecule has 1 unspecified atom stereocenters. The highest BCUT2D eigenvalue weighted by Crippen LogP contribution is 2.25. The minimum atomic E-state index is 0.869. The molecule has 0 aromatic heterocycles. The fourth-order valence-corrected chi connectivity index (χ4v) is 2.07. The van der Waals surface area contributed by atoms with Crippen LogP contribution in [0.2, 0.25) is 0 Å². The van der Waals surface area contributed by atoms with E-state index in [-0.39, 0.29) is 0 Å². The Bertz CT molecular complexity index is 110. The van der Waals surface area contributed by atoms with Gasteiger partial charge in [-0.1, -0.05) is 12.8 Å². The molecule has 0 amide bonds. The van der Waals surface area contributed by atoms with E-state index in [0.29, 0.717) is 0 Å². The third-order valence-electron chi connectivity index (χ3n) is 3.01.